The van der Waals surface area contributed by atoms with Crippen molar-refractivity contribution >= 4 is 11.6 Å². The summed E-state index contributed by atoms with van der Waals surface area (Å²) >= 11 is 0. The van der Waals surface area contributed by atoms with Crippen LogP contribution in [-0.2, 0) is 6.54 Å². The molecule has 78 valence electrons. The second-order valence-electron chi connectivity index (χ2n) is 3.08. The van der Waals surface area contributed by atoms with E-state index in [9.17, 15) is 9.18 Å². The van der Waals surface area contributed by atoms with Gasteiger partial charge in [0.2, 0.25) is 0 Å². The largest absolute Gasteiger partial charge is 0.396 e. The van der Waals surface area contributed by atoms with Gasteiger partial charge in [-0.15, -0.1) is 0 Å². The molecule has 0 atom stereocenters. The fourth-order valence-electron chi connectivity index (χ4n) is 1.02. The van der Waals surface area contributed by atoms with Crippen LogP contribution < -0.4 is 5.73 Å². The maximum absolute atomic E-state index is 12.0. The normalized spacial score (nSPS) is 10.2. The molecular formula is C8H13FN4O. The quantitative estimate of drug-likeness (QED) is 0.754. The van der Waals surface area contributed by atoms with Gasteiger partial charge in [-0.1, -0.05) is 0 Å². The number of halogens is 1. The molecule has 1 amide bonds. The minimum absolute atomic E-state index is 0.116. The van der Waals surface area contributed by atoms with Crippen molar-refractivity contribution in [1.82, 2.24) is 14.7 Å². The Morgan fingerprint density at radius 1 is 1.71 bits per heavy atom. The summed E-state index contributed by atoms with van der Waals surface area (Å²) in [5.41, 5.74) is 6.00. The minimum Gasteiger partial charge on any atom is -0.396 e. The molecule has 0 fully saturated rings. The Kier molecular flexibility index (Phi) is 3.06. The van der Waals surface area contributed by atoms with Crippen LogP contribution in [0.25, 0.3) is 0 Å². The number of rotatable bonds is 3. The van der Waals surface area contributed by atoms with Crippen LogP contribution in [0.15, 0.2) is 6.20 Å². The van der Waals surface area contributed by atoms with Crippen LogP contribution in [0.3, 0.4) is 0 Å². The molecule has 0 radical (unpaired) electrons. The molecule has 0 unspecified atom stereocenters. The highest BCUT2D eigenvalue weighted by molar-refractivity contribution is 5.96. The third-order valence-corrected chi connectivity index (χ3v) is 1.71. The van der Waals surface area contributed by atoms with Gasteiger partial charge in [0.1, 0.15) is 6.67 Å². The summed E-state index contributed by atoms with van der Waals surface area (Å²) in [4.78, 5) is 12.8. The van der Waals surface area contributed by atoms with Crippen LogP contribution in [0.5, 0.6) is 0 Å². The van der Waals surface area contributed by atoms with Gasteiger partial charge in [-0.25, -0.2) is 4.39 Å². The minimum atomic E-state index is -0.531. The number of aryl methyl sites for hydroxylation is 1. The average Bonchev–Trinajstić information content (AvgIpc) is 2.46. The molecule has 0 aliphatic carbocycles. The first-order valence-electron chi connectivity index (χ1n) is 4.16. The second-order valence-corrected chi connectivity index (χ2v) is 3.08. The van der Waals surface area contributed by atoms with E-state index in [1.807, 2.05) is 0 Å². The standard InChI is InChI=1S/C8H13FN4O/c1-12(2)8(14)7-6(10)5-13(11-7)4-3-9/h5H,3-4,10H2,1-2H3. The summed E-state index contributed by atoms with van der Waals surface area (Å²) in [5, 5.41) is 3.88. The van der Waals surface area contributed by atoms with E-state index in [0.717, 1.165) is 0 Å². The maximum Gasteiger partial charge on any atom is 0.275 e. The summed E-state index contributed by atoms with van der Waals surface area (Å²) in [6.07, 6.45) is 1.45. The molecule has 0 aliphatic heterocycles. The molecular weight excluding hydrogens is 187 g/mol. The highest BCUT2D eigenvalue weighted by Gasteiger charge is 2.16. The molecule has 0 saturated carbocycles. The Labute approximate surface area is 81.3 Å². The summed E-state index contributed by atoms with van der Waals surface area (Å²) in [6.45, 7) is -0.415. The number of nitrogen functional groups attached to an aromatic ring is 1. The molecule has 0 bridgehead atoms. The number of alkyl halides is 1. The highest BCUT2D eigenvalue weighted by atomic mass is 19.1. The van der Waals surface area contributed by atoms with E-state index >= 15 is 0 Å². The second kappa shape index (κ2) is 4.08. The number of hydrogen-bond donors (Lipinski definition) is 1. The van der Waals surface area contributed by atoms with Crippen molar-refractivity contribution in [1.29, 1.82) is 0 Å². The number of nitrogens with two attached hydrogens (primary N) is 1. The Morgan fingerprint density at radius 2 is 2.36 bits per heavy atom. The number of anilines is 1. The summed E-state index contributed by atoms with van der Waals surface area (Å²) in [5.74, 6) is -0.278. The van der Waals surface area contributed by atoms with Crippen molar-refractivity contribution in [2.75, 3.05) is 26.5 Å². The topological polar surface area (TPSA) is 64.2 Å². The summed E-state index contributed by atoms with van der Waals surface area (Å²) in [7, 11) is 3.21. The van der Waals surface area contributed by atoms with Gasteiger partial charge < -0.3 is 10.6 Å². The molecule has 1 aromatic rings. The van der Waals surface area contributed by atoms with Crippen LogP contribution in [0.1, 0.15) is 10.5 Å². The molecule has 5 nitrogen and oxygen atoms in total. The van der Waals surface area contributed by atoms with Crippen molar-refractivity contribution < 1.29 is 9.18 Å². The zero-order valence-electron chi connectivity index (χ0n) is 8.20. The molecule has 0 saturated heterocycles. The third kappa shape index (κ3) is 2.01. The lowest BCUT2D eigenvalue weighted by atomic mass is 10.3. The Hall–Kier alpha value is -1.59. The molecule has 0 aromatic carbocycles. The first-order valence-corrected chi connectivity index (χ1v) is 4.16. The molecule has 2 N–H and O–H groups in total. The predicted molar refractivity (Wildman–Crippen MR) is 50.6 cm³/mol. The molecule has 0 spiro atoms. The van der Waals surface area contributed by atoms with Gasteiger partial charge in [-0.3, -0.25) is 9.48 Å². The summed E-state index contributed by atoms with van der Waals surface area (Å²) < 4.78 is 13.3. The number of aromatic nitrogens is 2. The third-order valence-electron chi connectivity index (χ3n) is 1.71. The van der Waals surface area contributed by atoms with Crippen molar-refractivity contribution in [3.8, 4) is 0 Å². The van der Waals surface area contributed by atoms with Crippen molar-refractivity contribution in [3.05, 3.63) is 11.9 Å². The lowest BCUT2D eigenvalue weighted by Crippen LogP contribution is -2.23. The van der Waals surface area contributed by atoms with Gasteiger partial charge in [-0.05, 0) is 0 Å². The summed E-state index contributed by atoms with van der Waals surface area (Å²) in [6, 6.07) is 0. The maximum atomic E-state index is 12.0. The van der Waals surface area contributed by atoms with Gasteiger partial charge in [-0.2, -0.15) is 5.10 Å². The van der Waals surface area contributed by atoms with E-state index in [1.54, 1.807) is 14.1 Å². The zero-order valence-corrected chi connectivity index (χ0v) is 8.20. The lowest BCUT2D eigenvalue weighted by molar-refractivity contribution is 0.0822. The van der Waals surface area contributed by atoms with E-state index in [4.69, 9.17) is 5.73 Å². The molecule has 6 heteroatoms. The van der Waals surface area contributed by atoms with E-state index in [0.29, 0.717) is 0 Å². The fraction of sp³-hybridized carbons (Fsp3) is 0.500. The van der Waals surface area contributed by atoms with Gasteiger partial charge in [0.25, 0.3) is 5.91 Å². The van der Waals surface area contributed by atoms with Gasteiger partial charge in [0.15, 0.2) is 5.69 Å². The molecule has 1 heterocycles. The van der Waals surface area contributed by atoms with Gasteiger partial charge in [0, 0.05) is 20.3 Å². The number of nitrogens with zero attached hydrogens (tertiary/aromatic N) is 3. The number of amides is 1. The number of carbonyl (C=O) groups excluding carboxylic acids is 1. The molecule has 14 heavy (non-hydrogen) atoms. The van der Waals surface area contributed by atoms with E-state index in [-0.39, 0.29) is 23.8 Å². The fourth-order valence-corrected chi connectivity index (χ4v) is 1.02. The number of carbonyl (C=O) groups is 1. The van der Waals surface area contributed by atoms with Crippen LogP contribution in [0.4, 0.5) is 10.1 Å². The highest BCUT2D eigenvalue weighted by Crippen LogP contribution is 2.10. The van der Waals surface area contributed by atoms with E-state index in [2.05, 4.69) is 5.10 Å². The van der Waals surface area contributed by atoms with Crippen LogP contribution in [0, 0.1) is 0 Å². The molecule has 0 aliphatic rings. The van der Waals surface area contributed by atoms with Crippen LogP contribution in [-0.4, -0.2) is 41.4 Å². The Bertz CT molecular complexity index is 334. The monoisotopic (exact) mass is 200 g/mol. The smallest absolute Gasteiger partial charge is 0.275 e. The van der Waals surface area contributed by atoms with Crippen LogP contribution in [0.2, 0.25) is 0 Å². The zero-order chi connectivity index (χ0) is 10.7. The molecule has 1 aromatic heterocycles. The average molecular weight is 200 g/mol. The predicted octanol–water partition coefficient (Wildman–Crippen LogP) is 0.137. The Balaban J connectivity index is 2.92. The van der Waals surface area contributed by atoms with E-state index in [1.165, 1.54) is 15.8 Å². The van der Waals surface area contributed by atoms with Crippen molar-refractivity contribution in [2.24, 2.45) is 0 Å². The van der Waals surface area contributed by atoms with Crippen LogP contribution >= 0.6 is 0 Å². The van der Waals surface area contributed by atoms with Gasteiger partial charge >= 0.3 is 0 Å². The van der Waals surface area contributed by atoms with E-state index < -0.39 is 6.67 Å². The number of hydrogen-bond acceptors (Lipinski definition) is 3. The Morgan fingerprint density at radius 3 is 2.86 bits per heavy atom. The molecule has 1 rings (SSSR count). The van der Waals surface area contributed by atoms with Crippen molar-refractivity contribution in [2.45, 2.75) is 6.54 Å². The first-order chi connectivity index (χ1) is 6.56. The lowest BCUT2D eigenvalue weighted by Gasteiger charge is -2.07. The SMILES string of the molecule is CN(C)C(=O)c1nn(CCF)cc1N. The first kappa shape index (κ1) is 10.5. The van der Waals surface area contributed by atoms with Crippen molar-refractivity contribution in [3.63, 3.8) is 0 Å². The van der Waals surface area contributed by atoms with Gasteiger partial charge in [0.05, 0.1) is 12.2 Å².